The molecule has 0 atom stereocenters. The van der Waals surface area contributed by atoms with Crippen molar-refractivity contribution in [1.29, 1.82) is 0 Å². The summed E-state index contributed by atoms with van der Waals surface area (Å²) in [6.07, 6.45) is 5.21. The SMILES string of the molecule is CCCN=C(NCC)NCCn1cccc1. The Morgan fingerprint density at radius 1 is 1.19 bits per heavy atom. The Labute approximate surface area is 97.8 Å². The largest absolute Gasteiger partial charge is 0.357 e. The van der Waals surface area contributed by atoms with Gasteiger partial charge in [0, 0.05) is 38.6 Å². The summed E-state index contributed by atoms with van der Waals surface area (Å²) < 4.78 is 2.15. The first kappa shape index (κ1) is 12.6. The van der Waals surface area contributed by atoms with E-state index in [9.17, 15) is 0 Å². The van der Waals surface area contributed by atoms with Crippen LogP contribution in [0.25, 0.3) is 0 Å². The quantitative estimate of drug-likeness (QED) is 0.565. The van der Waals surface area contributed by atoms with Crippen molar-refractivity contribution in [1.82, 2.24) is 15.2 Å². The van der Waals surface area contributed by atoms with Crippen molar-refractivity contribution in [3.05, 3.63) is 24.5 Å². The Bertz CT molecular complexity index is 290. The average Bonchev–Trinajstić information content (AvgIpc) is 2.79. The zero-order valence-corrected chi connectivity index (χ0v) is 10.2. The molecule has 1 rings (SSSR count). The van der Waals surface area contributed by atoms with Crippen LogP contribution in [0.1, 0.15) is 20.3 Å². The van der Waals surface area contributed by atoms with E-state index in [2.05, 4.69) is 46.4 Å². The molecule has 0 saturated carbocycles. The van der Waals surface area contributed by atoms with Crippen molar-refractivity contribution >= 4 is 5.96 Å². The molecule has 0 aliphatic carbocycles. The average molecular weight is 222 g/mol. The monoisotopic (exact) mass is 222 g/mol. The minimum atomic E-state index is 0.874. The van der Waals surface area contributed by atoms with Crippen molar-refractivity contribution in [2.75, 3.05) is 19.6 Å². The molecule has 0 spiro atoms. The van der Waals surface area contributed by atoms with E-state index in [1.54, 1.807) is 0 Å². The van der Waals surface area contributed by atoms with Gasteiger partial charge in [-0.05, 0) is 25.5 Å². The van der Waals surface area contributed by atoms with Crippen LogP contribution in [0.3, 0.4) is 0 Å². The van der Waals surface area contributed by atoms with Crippen LogP contribution in [0.2, 0.25) is 0 Å². The lowest BCUT2D eigenvalue weighted by Gasteiger charge is -2.11. The van der Waals surface area contributed by atoms with Crippen molar-refractivity contribution in [3.63, 3.8) is 0 Å². The zero-order chi connectivity index (χ0) is 11.6. The number of rotatable bonds is 6. The highest BCUT2D eigenvalue weighted by atomic mass is 15.2. The summed E-state index contributed by atoms with van der Waals surface area (Å²) in [5.41, 5.74) is 0. The molecular formula is C12H22N4. The van der Waals surface area contributed by atoms with Crippen LogP contribution in [0.4, 0.5) is 0 Å². The van der Waals surface area contributed by atoms with Crippen LogP contribution < -0.4 is 10.6 Å². The molecule has 0 radical (unpaired) electrons. The Morgan fingerprint density at radius 2 is 1.94 bits per heavy atom. The number of guanidine groups is 1. The van der Waals surface area contributed by atoms with Crippen LogP contribution in [-0.2, 0) is 6.54 Å². The topological polar surface area (TPSA) is 41.4 Å². The van der Waals surface area contributed by atoms with Crippen molar-refractivity contribution in [2.24, 2.45) is 4.99 Å². The molecule has 0 aliphatic rings. The fourth-order valence-electron chi connectivity index (χ4n) is 1.39. The molecular weight excluding hydrogens is 200 g/mol. The van der Waals surface area contributed by atoms with Gasteiger partial charge >= 0.3 is 0 Å². The summed E-state index contributed by atoms with van der Waals surface area (Å²) >= 11 is 0. The third-order valence-corrected chi connectivity index (χ3v) is 2.17. The van der Waals surface area contributed by atoms with E-state index in [4.69, 9.17) is 0 Å². The number of hydrogen-bond donors (Lipinski definition) is 2. The van der Waals surface area contributed by atoms with Crippen LogP contribution in [0.5, 0.6) is 0 Å². The Morgan fingerprint density at radius 3 is 2.56 bits per heavy atom. The van der Waals surface area contributed by atoms with Gasteiger partial charge in [0.05, 0.1) is 0 Å². The predicted molar refractivity (Wildman–Crippen MR) is 68.7 cm³/mol. The Hall–Kier alpha value is -1.45. The Balaban J connectivity index is 2.26. The van der Waals surface area contributed by atoms with Gasteiger partial charge in [0.15, 0.2) is 5.96 Å². The van der Waals surface area contributed by atoms with Gasteiger partial charge < -0.3 is 15.2 Å². The molecule has 0 amide bonds. The second-order valence-corrected chi connectivity index (χ2v) is 3.61. The third kappa shape index (κ3) is 4.87. The summed E-state index contributed by atoms with van der Waals surface area (Å²) in [4.78, 5) is 4.44. The van der Waals surface area contributed by atoms with Gasteiger partial charge in [0.1, 0.15) is 0 Å². The van der Waals surface area contributed by atoms with Gasteiger partial charge in [-0.25, -0.2) is 0 Å². The molecule has 4 nitrogen and oxygen atoms in total. The molecule has 0 aliphatic heterocycles. The molecule has 0 bridgehead atoms. The van der Waals surface area contributed by atoms with E-state index in [1.807, 2.05) is 12.1 Å². The van der Waals surface area contributed by atoms with E-state index in [1.165, 1.54) is 0 Å². The maximum atomic E-state index is 4.44. The van der Waals surface area contributed by atoms with Gasteiger partial charge in [-0.2, -0.15) is 0 Å². The van der Waals surface area contributed by atoms with Crippen LogP contribution in [-0.4, -0.2) is 30.2 Å². The maximum Gasteiger partial charge on any atom is 0.191 e. The molecule has 0 fully saturated rings. The van der Waals surface area contributed by atoms with Gasteiger partial charge in [0.2, 0.25) is 0 Å². The first-order chi connectivity index (χ1) is 7.86. The highest BCUT2D eigenvalue weighted by molar-refractivity contribution is 5.79. The summed E-state index contributed by atoms with van der Waals surface area (Å²) in [6.45, 7) is 7.84. The first-order valence-electron chi connectivity index (χ1n) is 5.99. The molecule has 0 unspecified atom stereocenters. The number of nitrogens with zero attached hydrogens (tertiary/aromatic N) is 2. The fraction of sp³-hybridized carbons (Fsp3) is 0.583. The summed E-state index contributed by atoms with van der Waals surface area (Å²) in [5, 5.41) is 6.54. The second kappa shape index (κ2) is 7.79. The van der Waals surface area contributed by atoms with Crippen molar-refractivity contribution in [3.8, 4) is 0 Å². The summed E-state index contributed by atoms with van der Waals surface area (Å²) in [6, 6.07) is 4.08. The predicted octanol–water partition coefficient (Wildman–Crippen LogP) is 1.45. The van der Waals surface area contributed by atoms with Crippen LogP contribution >= 0.6 is 0 Å². The van der Waals surface area contributed by atoms with E-state index in [0.29, 0.717) is 0 Å². The molecule has 4 heteroatoms. The van der Waals surface area contributed by atoms with Gasteiger partial charge in [-0.15, -0.1) is 0 Å². The minimum absolute atomic E-state index is 0.874. The second-order valence-electron chi connectivity index (χ2n) is 3.61. The molecule has 90 valence electrons. The van der Waals surface area contributed by atoms with E-state index in [0.717, 1.165) is 38.6 Å². The molecule has 1 heterocycles. The number of aliphatic imine (C=N–C) groups is 1. The summed E-state index contributed by atoms with van der Waals surface area (Å²) in [5.74, 6) is 0.913. The highest BCUT2D eigenvalue weighted by Crippen LogP contribution is 1.88. The highest BCUT2D eigenvalue weighted by Gasteiger charge is 1.95. The van der Waals surface area contributed by atoms with Gasteiger partial charge in [-0.3, -0.25) is 4.99 Å². The zero-order valence-electron chi connectivity index (χ0n) is 10.2. The lowest BCUT2D eigenvalue weighted by molar-refractivity contribution is 0.665. The van der Waals surface area contributed by atoms with Crippen molar-refractivity contribution in [2.45, 2.75) is 26.8 Å². The normalized spacial score (nSPS) is 11.5. The van der Waals surface area contributed by atoms with Gasteiger partial charge in [0.25, 0.3) is 0 Å². The molecule has 16 heavy (non-hydrogen) atoms. The lowest BCUT2D eigenvalue weighted by Crippen LogP contribution is -2.38. The van der Waals surface area contributed by atoms with E-state index < -0.39 is 0 Å². The number of aromatic nitrogens is 1. The minimum Gasteiger partial charge on any atom is -0.357 e. The molecule has 1 aromatic heterocycles. The lowest BCUT2D eigenvalue weighted by atomic mass is 10.5. The van der Waals surface area contributed by atoms with E-state index >= 15 is 0 Å². The van der Waals surface area contributed by atoms with Gasteiger partial charge in [-0.1, -0.05) is 6.92 Å². The third-order valence-electron chi connectivity index (χ3n) is 2.17. The fourth-order valence-corrected chi connectivity index (χ4v) is 1.39. The number of hydrogen-bond acceptors (Lipinski definition) is 1. The molecule has 0 aromatic carbocycles. The first-order valence-corrected chi connectivity index (χ1v) is 5.99. The standard InChI is InChI=1S/C12H22N4/c1-3-7-14-12(13-4-2)15-8-11-16-9-5-6-10-16/h5-6,9-10H,3-4,7-8,11H2,1-2H3,(H2,13,14,15). The molecule has 2 N–H and O–H groups in total. The van der Waals surface area contributed by atoms with E-state index in [-0.39, 0.29) is 0 Å². The van der Waals surface area contributed by atoms with Crippen LogP contribution in [0, 0.1) is 0 Å². The van der Waals surface area contributed by atoms with Crippen LogP contribution in [0.15, 0.2) is 29.5 Å². The Kier molecular flexibility index (Phi) is 6.15. The molecule has 1 aromatic rings. The summed E-state index contributed by atoms with van der Waals surface area (Å²) in [7, 11) is 0. The van der Waals surface area contributed by atoms with Crippen molar-refractivity contribution < 1.29 is 0 Å². The number of nitrogens with one attached hydrogen (secondary N) is 2. The smallest absolute Gasteiger partial charge is 0.191 e. The molecule has 0 saturated heterocycles. The maximum absolute atomic E-state index is 4.44.